The molecule has 0 spiro atoms. The third-order valence-electron chi connectivity index (χ3n) is 5.60. The monoisotopic (exact) mass is 560 g/mol. The first kappa shape index (κ1) is 28.5. The molecule has 4 heterocycles. The van der Waals surface area contributed by atoms with Crippen LogP contribution in [0.1, 0.15) is 42.8 Å². The van der Waals surface area contributed by atoms with Gasteiger partial charge >= 0.3 is 17.8 Å². The van der Waals surface area contributed by atoms with Gasteiger partial charge in [0.25, 0.3) is 0 Å². The fourth-order valence-electron chi connectivity index (χ4n) is 3.99. The van der Waals surface area contributed by atoms with E-state index < -0.39 is 25.7 Å². The molecule has 12 heteroatoms. The zero-order valence-corrected chi connectivity index (χ0v) is 25.1. The van der Waals surface area contributed by atoms with E-state index in [1.54, 1.807) is 59.0 Å². The normalized spacial score (nSPS) is 11.7. The highest BCUT2D eigenvalue weighted by atomic mass is 28.3. The summed E-state index contributed by atoms with van der Waals surface area (Å²) < 4.78 is 14.5. The molecule has 4 aromatic heterocycles. The van der Waals surface area contributed by atoms with Crippen molar-refractivity contribution in [2.24, 2.45) is 7.05 Å². The molecule has 0 unspecified atom stereocenters. The predicted octanol–water partition coefficient (Wildman–Crippen LogP) is 4.09. The Bertz CT molecular complexity index is 1760. The van der Waals surface area contributed by atoms with E-state index in [-0.39, 0.29) is 16.9 Å². The Morgan fingerprint density at radius 2 is 1.80 bits per heavy atom. The van der Waals surface area contributed by atoms with E-state index in [1.807, 2.05) is 0 Å². The summed E-state index contributed by atoms with van der Waals surface area (Å²) in [7, 11) is 1.10. The topological polar surface area (TPSA) is 123 Å². The zero-order chi connectivity index (χ0) is 29.6. The van der Waals surface area contributed by atoms with E-state index in [1.165, 1.54) is 27.1 Å². The summed E-state index contributed by atoms with van der Waals surface area (Å²) >= 11 is 0. The molecular weight excluding hydrogens is 528 g/mol. The number of ether oxygens (including phenoxy) is 2. The molecule has 0 saturated carbocycles. The molecule has 0 aliphatic rings. The van der Waals surface area contributed by atoms with E-state index in [0.29, 0.717) is 34.0 Å². The highest BCUT2D eigenvalue weighted by Crippen LogP contribution is 2.31. The Kier molecular flexibility index (Phi) is 7.29. The van der Waals surface area contributed by atoms with Gasteiger partial charge in [-0.05, 0) is 57.9 Å². The molecule has 0 aromatic carbocycles. The lowest BCUT2D eigenvalue weighted by atomic mass is 10.2. The van der Waals surface area contributed by atoms with Gasteiger partial charge in [0.05, 0.1) is 35.9 Å². The maximum atomic E-state index is 13.5. The first-order valence-electron chi connectivity index (χ1n) is 12.6. The maximum absolute atomic E-state index is 13.5. The fraction of sp³-hybridized carbons (Fsp3) is 0.357. The van der Waals surface area contributed by atoms with Crippen molar-refractivity contribution < 1.29 is 19.1 Å². The Morgan fingerprint density at radius 1 is 1.10 bits per heavy atom. The highest BCUT2D eigenvalue weighted by Gasteiger charge is 2.28. The predicted molar refractivity (Wildman–Crippen MR) is 153 cm³/mol. The first-order valence-corrected chi connectivity index (χ1v) is 16.1. The van der Waals surface area contributed by atoms with Gasteiger partial charge in [-0.2, -0.15) is 0 Å². The number of esters is 1. The number of hydrogen-bond donors (Lipinski definition) is 0. The fourth-order valence-corrected chi connectivity index (χ4v) is 4.47. The standard InChI is InChI=1S/C28H32N6O5Si/c1-17-14-18-15-21(34(27(37)39-28(2,3)4)24(18)23(30-17)25(35)38-6)20-11-10-19(16-29-20)33-22(12-13-40(7,8)9)31-32(5)26(33)36/h10-11,14-16H,1-9H3. The molecule has 11 nitrogen and oxygen atoms in total. The molecule has 0 bridgehead atoms. The summed E-state index contributed by atoms with van der Waals surface area (Å²) in [6.07, 6.45) is 0.812. The van der Waals surface area contributed by atoms with Crippen LogP contribution in [0.3, 0.4) is 0 Å². The number of carbonyl (C=O) groups is 2. The van der Waals surface area contributed by atoms with Crippen LogP contribution < -0.4 is 5.69 Å². The average molecular weight is 561 g/mol. The summed E-state index contributed by atoms with van der Waals surface area (Å²) in [6.45, 7) is 13.3. The van der Waals surface area contributed by atoms with Gasteiger partial charge in [0.2, 0.25) is 5.82 Å². The van der Waals surface area contributed by atoms with E-state index in [0.717, 1.165) is 0 Å². The van der Waals surface area contributed by atoms with Crippen molar-refractivity contribution >= 4 is 31.0 Å². The number of nitrogens with zero attached hydrogens (tertiary/aromatic N) is 6. The van der Waals surface area contributed by atoms with Gasteiger partial charge in [0, 0.05) is 18.1 Å². The van der Waals surface area contributed by atoms with Crippen molar-refractivity contribution in [2.45, 2.75) is 52.9 Å². The number of fused-ring (bicyclic) bond motifs is 1. The van der Waals surface area contributed by atoms with Crippen LogP contribution in [0.4, 0.5) is 4.79 Å². The first-order chi connectivity index (χ1) is 18.6. The second-order valence-electron chi connectivity index (χ2n) is 11.4. The summed E-state index contributed by atoms with van der Waals surface area (Å²) in [5.41, 5.74) is 4.14. The molecule has 40 heavy (non-hydrogen) atoms. The quantitative estimate of drug-likeness (QED) is 0.209. The van der Waals surface area contributed by atoms with Crippen LogP contribution in [0.5, 0.6) is 0 Å². The lowest BCUT2D eigenvalue weighted by molar-refractivity contribution is 0.0546. The average Bonchev–Trinajstić information content (AvgIpc) is 3.37. The van der Waals surface area contributed by atoms with Crippen molar-refractivity contribution in [3.63, 3.8) is 0 Å². The molecule has 0 saturated heterocycles. The third-order valence-corrected chi connectivity index (χ3v) is 6.48. The van der Waals surface area contributed by atoms with Gasteiger partial charge in [-0.1, -0.05) is 19.6 Å². The second kappa shape index (κ2) is 10.2. The van der Waals surface area contributed by atoms with Gasteiger partial charge in [-0.3, -0.25) is 4.98 Å². The second-order valence-corrected chi connectivity index (χ2v) is 16.1. The SMILES string of the molecule is COC(=O)c1nc(C)cc2cc(-c3ccc(-n4c(C#C[Si](C)(C)C)nn(C)c4=O)cn3)n(C(=O)OC(C)(C)C)c12. The van der Waals surface area contributed by atoms with Crippen molar-refractivity contribution in [1.29, 1.82) is 0 Å². The van der Waals surface area contributed by atoms with Crippen LogP contribution in [0.25, 0.3) is 28.0 Å². The summed E-state index contributed by atoms with van der Waals surface area (Å²) in [6, 6.07) is 6.88. The number of aromatic nitrogens is 6. The van der Waals surface area contributed by atoms with Gasteiger partial charge in [-0.25, -0.2) is 33.2 Å². The van der Waals surface area contributed by atoms with E-state index >= 15 is 0 Å². The summed E-state index contributed by atoms with van der Waals surface area (Å²) in [4.78, 5) is 47.9. The molecular formula is C28H32N6O5Si. The van der Waals surface area contributed by atoms with Crippen molar-refractivity contribution in [3.05, 3.63) is 58.2 Å². The lowest BCUT2D eigenvalue weighted by Crippen LogP contribution is -2.28. The smallest absolute Gasteiger partial charge is 0.419 e. The number of rotatable bonds is 3. The molecule has 0 atom stereocenters. The number of methoxy groups -OCH3 is 1. The number of hydrogen-bond acceptors (Lipinski definition) is 8. The maximum Gasteiger partial charge on any atom is 0.419 e. The Balaban J connectivity index is 1.91. The van der Waals surface area contributed by atoms with Crippen molar-refractivity contribution in [3.8, 4) is 28.5 Å². The molecule has 0 fully saturated rings. The lowest BCUT2D eigenvalue weighted by Gasteiger charge is -2.21. The van der Waals surface area contributed by atoms with Gasteiger partial charge in [0.1, 0.15) is 13.7 Å². The van der Waals surface area contributed by atoms with Gasteiger partial charge in [-0.15, -0.1) is 10.6 Å². The summed E-state index contributed by atoms with van der Waals surface area (Å²) in [5.74, 6) is 2.68. The van der Waals surface area contributed by atoms with Crippen LogP contribution in [-0.4, -0.2) is 61.7 Å². The minimum absolute atomic E-state index is 0.0150. The number of carbonyl (C=O) groups excluding carboxylic acids is 2. The summed E-state index contributed by atoms with van der Waals surface area (Å²) in [5, 5.41) is 4.87. The Hall–Kier alpha value is -4.50. The molecule has 0 aliphatic heterocycles. The number of pyridine rings is 2. The molecule has 0 radical (unpaired) electrons. The van der Waals surface area contributed by atoms with Crippen LogP contribution in [0.15, 0.2) is 35.3 Å². The molecule has 4 aromatic rings. The molecule has 0 aliphatic carbocycles. The molecule has 208 valence electrons. The number of aryl methyl sites for hydroxylation is 2. The minimum Gasteiger partial charge on any atom is -0.464 e. The Labute approximate surface area is 232 Å². The van der Waals surface area contributed by atoms with Crippen LogP contribution in [-0.2, 0) is 16.5 Å². The Morgan fingerprint density at radius 3 is 2.38 bits per heavy atom. The van der Waals surface area contributed by atoms with E-state index in [2.05, 4.69) is 46.2 Å². The van der Waals surface area contributed by atoms with Crippen LogP contribution in [0.2, 0.25) is 19.6 Å². The van der Waals surface area contributed by atoms with E-state index in [4.69, 9.17) is 9.47 Å². The third kappa shape index (κ3) is 5.74. The van der Waals surface area contributed by atoms with Crippen molar-refractivity contribution in [2.75, 3.05) is 7.11 Å². The largest absolute Gasteiger partial charge is 0.464 e. The van der Waals surface area contributed by atoms with Crippen LogP contribution >= 0.6 is 0 Å². The van der Waals surface area contributed by atoms with Gasteiger partial charge in [0.15, 0.2) is 5.69 Å². The van der Waals surface area contributed by atoms with E-state index in [9.17, 15) is 14.4 Å². The molecule has 0 amide bonds. The van der Waals surface area contributed by atoms with Gasteiger partial charge < -0.3 is 9.47 Å². The minimum atomic E-state index is -1.72. The molecule has 4 rings (SSSR count). The highest BCUT2D eigenvalue weighted by molar-refractivity contribution is 6.83. The van der Waals surface area contributed by atoms with Crippen LogP contribution in [0, 0.1) is 18.4 Å². The van der Waals surface area contributed by atoms with Crippen molar-refractivity contribution in [1.82, 2.24) is 28.9 Å². The zero-order valence-electron chi connectivity index (χ0n) is 24.1. The molecule has 0 N–H and O–H groups in total.